The van der Waals surface area contributed by atoms with Crippen molar-refractivity contribution >= 4 is 11.7 Å². The summed E-state index contributed by atoms with van der Waals surface area (Å²) in [5.74, 6) is 4.78. The standard InChI is InChI=1S/C19H15F3N6O/c20-19(21,22)15-6-5-11(8-24-15)14-7-16(26-17(25-14)18(29)27-23)28-9-12-3-1-2-4-13(12)10-28/h1-8H,9-10,23H2,(H,27,29). The van der Waals surface area contributed by atoms with Gasteiger partial charge in [0.2, 0.25) is 5.82 Å². The van der Waals surface area contributed by atoms with Crippen LogP contribution in [0.5, 0.6) is 0 Å². The van der Waals surface area contributed by atoms with E-state index in [4.69, 9.17) is 5.84 Å². The number of alkyl halides is 3. The molecule has 0 spiro atoms. The summed E-state index contributed by atoms with van der Waals surface area (Å²) in [6.07, 6.45) is -3.47. The average Bonchev–Trinajstić information content (AvgIpc) is 3.16. The number of halogens is 3. The summed E-state index contributed by atoms with van der Waals surface area (Å²) in [4.78, 5) is 25.8. The van der Waals surface area contributed by atoms with Crippen molar-refractivity contribution in [1.82, 2.24) is 20.4 Å². The fourth-order valence-corrected chi connectivity index (χ4v) is 3.12. The van der Waals surface area contributed by atoms with Gasteiger partial charge in [0.25, 0.3) is 0 Å². The monoisotopic (exact) mass is 400 g/mol. The third kappa shape index (κ3) is 3.74. The van der Waals surface area contributed by atoms with E-state index in [2.05, 4.69) is 15.0 Å². The maximum absolute atomic E-state index is 12.8. The van der Waals surface area contributed by atoms with Crippen LogP contribution in [-0.4, -0.2) is 20.9 Å². The maximum atomic E-state index is 12.8. The smallest absolute Gasteiger partial charge is 0.348 e. The van der Waals surface area contributed by atoms with E-state index in [9.17, 15) is 18.0 Å². The Balaban J connectivity index is 1.73. The molecule has 29 heavy (non-hydrogen) atoms. The highest BCUT2D eigenvalue weighted by molar-refractivity contribution is 5.91. The number of nitrogen functional groups attached to an aromatic ring is 1. The lowest BCUT2D eigenvalue weighted by Crippen LogP contribution is -2.32. The number of nitrogens with one attached hydrogen (secondary N) is 1. The number of rotatable bonds is 3. The van der Waals surface area contributed by atoms with Crippen molar-refractivity contribution in [3.8, 4) is 11.3 Å². The predicted molar refractivity (Wildman–Crippen MR) is 98.2 cm³/mol. The van der Waals surface area contributed by atoms with Crippen LogP contribution in [0.4, 0.5) is 19.0 Å². The molecular weight excluding hydrogens is 385 g/mol. The third-order valence-corrected chi connectivity index (χ3v) is 4.56. The topological polar surface area (TPSA) is 97.0 Å². The fraction of sp³-hybridized carbons (Fsp3) is 0.158. The molecule has 0 radical (unpaired) electrons. The van der Waals surface area contributed by atoms with Crippen molar-refractivity contribution in [1.29, 1.82) is 0 Å². The zero-order valence-electron chi connectivity index (χ0n) is 14.9. The zero-order chi connectivity index (χ0) is 20.6. The second-order valence-corrected chi connectivity index (χ2v) is 6.46. The van der Waals surface area contributed by atoms with Crippen molar-refractivity contribution in [3.63, 3.8) is 0 Å². The van der Waals surface area contributed by atoms with E-state index < -0.39 is 17.8 Å². The van der Waals surface area contributed by atoms with Gasteiger partial charge >= 0.3 is 12.1 Å². The minimum Gasteiger partial charge on any atom is -0.348 e. The Labute approximate surface area is 163 Å². The van der Waals surface area contributed by atoms with Crippen molar-refractivity contribution < 1.29 is 18.0 Å². The number of pyridine rings is 1. The molecule has 0 fully saturated rings. The first kappa shape index (κ1) is 18.8. The van der Waals surface area contributed by atoms with Crippen molar-refractivity contribution in [3.05, 3.63) is 71.3 Å². The molecule has 1 amide bonds. The van der Waals surface area contributed by atoms with Crippen molar-refractivity contribution in [2.75, 3.05) is 4.90 Å². The van der Waals surface area contributed by atoms with E-state index in [0.29, 0.717) is 24.5 Å². The third-order valence-electron chi connectivity index (χ3n) is 4.56. The summed E-state index contributed by atoms with van der Waals surface area (Å²) < 4.78 is 38.3. The average molecular weight is 400 g/mol. The van der Waals surface area contributed by atoms with Gasteiger partial charge in [-0.15, -0.1) is 0 Å². The molecule has 0 aliphatic carbocycles. The Kier molecular flexibility index (Phi) is 4.63. The van der Waals surface area contributed by atoms with E-state index in [-0.39, 0.29) is 11.5 Å². The number of aromatic nitrogens is 3. The van der Waals surface area contributed by atoms with Crippen LogP contribution in [0.15, 0.2) is 48.7 Å². The second kappa shape index (κ2) is 7.13. The molecule has 7 nitrogen and oxygen atoms in total. The molecule has 2 aromatic heterocycles. The van der Waals surface area contributed by atoms with Crippen LogP contribution < -0.4 is 16.2 Å². The molecule has 10 heteroatoms. The Morgan fingerprint density at radius 2 is 1.76 bits per heavy atom. The Bertz CT molecular complexity index is 1040. The Morgan fingerprint density at radius 1 is 1.07 bits per heavy atom. The van der Waals surface area contributed by atoms with Gasteiger partial charge in [-0.3, -0.25) is 15.2 Å². The van der Waals surface area contributed by atoms with Crippen LogP contribution in [0.25, 0.3) is 11.3 Å². The van der Waals surface area contributed by atoms with Crippen LogP contribution in [0.1, 0.15) is 27.4 Å². The summed E-state index contributed by atoms with van der Waals surface area (Å²) in [6.45, 7) is 1.17. The number of hydrogen-bond donors (Lipinski definition) is 2. The number of nitrogens with zero attached hydrogens (tertiary/aromatic N) is 4. The molecule has 3 aromatic rings. The number of nitrogens with two attached hydrogens (primary N) is 1. The molecule has 1 aliphatic rings. The van der Waals surface area contributed by atoms with Gasteiger partial charge in [0.15, 0.2) is 0 Å². The number of hydrogen-bond acceptors (Lipinski definition) is 6. The maximum Gasteiger partial charge on any atom is 0.433 e. The van der Waals surface area contributed by atoms with Crippen LogP contribution in [-0.2, 0) is 19.3 Å². The number of carbonyl (C=O) groups is 1. The van der Waals surface area contributed by atoms with E-state index in [0.717, 1.165) is 23.4 Å². The molecule has 1 aromatic carbocycles. The first-order valence-electron chi connectivity index (χ1n) is 8.60. The number of carbonyl (C=O) groups excluding carboxylic acids is 1. The van der Waals surface area contributed by atoms with E-state index in [1.54, 1.807) is 6.07 Å². The molecule has 0 bridgehead atoms. The summed E-state index contributed by atoms with van der Waals surface area (Å²) in [5.41, 5.74) is 3.83. The fourth-order valence-electron chi connectivity index (χ4n) is 3.12. The highest BCUT2D eigenvalue weighted by Crippen LogP contribution is 2.31. The lowest BCUT2D eigenvalue weighted by atomic mass is 10.1. The zero-order valence-corrected chi connectivity index (χ0v) is 14.9. The Morgan fingerprint density at radius 3 is 2.31 bits per heavy atom. The summed E-state index contributed by atoms with van der Waals surface area (Å²) in [5, 5.41) is 0. The first-order chi connectivity index (χ1) is 13.8. The number of amides is 1. The molecule has 3 N–H and O–H groups in total. The van der Waals surface area contributed by atoms with Gasteiger partial charge in [0, 0.05) is 30.9 Å². The van der Waals surface area contributed by atoms with Gasteiger partial charge in [0.05, 0.1) is 5.69 Å². The molecule has 0 saturated carbocycles. The number of anilines is 1. The quantitative estimate of drug-likeness (QED) is 0.399. The second-order valence-electron chi connectivity index (χ2n) is 6.46. The molecule has 0 saturated heterocycles. The lowest BCUT2D eigenvalue weighted by molar-refractivity contribution is -0.141. The summed E-state index contributed by atoms with van der Waals surface area (Å²) >= 11 is 0. The predicted octanol–water partition coefficient (Wildman–Crippen LogP) is 2.68. The number of hydrazine groups is 1. The SMILES string of the molecule is NNC(=O)c1nc(-c2ccc(C(F)(F)F)nc2)cc(N2Cc3ccccc3C2)n1. The molecular formula is C19H15F3N6O. The van der Waals surface area contributed by atoms with Gasteiger partial charge in [-0.05, 0) is 23.3 Å². The first-order valence-corrected chi connectivity index (χ1v) is 8.60. The van der Waals surface area contributed by atoms with E-state index >= 15 is 0 Å². The van der Waals surface area contributed by atoms with Crippen molar-refractivity contribution in [2.24, 2.45) is 5.84 Å². The van der Waals surface area contributed by atoms with E-state index in [1.165, 1.54) is 6.07 Å². The minimum absolute atomic E-state index is 0.184. The van der Waals surface area contributed by atoms with Crippen molar-refractivity contribution in [2.45, 2.75) is 19.3 Å². The van der Waals surface area contributed by atoms with Gasteiger partial charge < -0.3 is 4.90 Å². The molecule has 4 rings (SSSR count). The van der Waals surface area contributed by atoms with Crippen LogP contribution >= 0.6 is 0 Å². The molecule has 0 atom stereocenters. The largest absolute Gasteiger partial charge is 0.433 e. The Hall–Kier alpha value is -3.53. The number of benzene rings is 1. The highest BCUT2D eigenvalue weighted by Gasteiger charge is 2.32. The number of fused-ring (bicyclic) bond motifs is 1. The summed E-state index contributed by atoms with van der Waals surface area (Å²) in [7, 11) is 0. The highest BCUT2D eigenvalue weighted by atomic mass is 19.4. The lowest BCUT2D eigenvalue weighted by Gasteiger charge is -2.18. The van der Waals surface area contributed by atoms with Crippen LogP contribution in [0, 0.1) is 0 Å². The summed E-state index contributed by atoms with van der Waals surface area (Å²) in [6, 6.07) is 11.6. The van der Waals surface area contributed by atoms with Gasteiger partial charge in [-0.1, -0.05) is 24.3 Å². The minimum atomic E-state index is -4.54. The van der Waals surface area contributed by atoms with Crippen LogP contribution in [0.2, 0.25) is 0 Å². The molecule has 1 aliphatic heterocycles. The molecule has 3 heterocycles. The van der Waals surface area contributed by atoms with Gasteiger partial charge in [-0.2, -0.15) is 13.2 Å². The normalized spacial score (nSPS) is 13.3. The van der Waals surface area contributed by atoms with Gasteiger partial charge in [-0.25, -0.2) is 15.8 Å². The molecule has 0 unspecified atom stereocenters. The molecule has 148 valence electrons. The van der Waals surface area contributed by atoms with Crippen LogP contribution in [0.3, 0.4) is 0 Å². The van der Waals surface area contributed by atoms with Gasteiger partial charge in [0.1, 0.15) is 11.5 Å². The van der Waals surface area contributed by atoms with E-state index in [1.807, 2.05) is 34.6 Å².